The van der Waals surface area contributed by atoms with Gasteiger partial charge in [0.2, 0.25) is 11.8 Å². The van der Waals surface area contributed by atoms with Crippen LogP contribution in [0.2, 0.25) is 0 Å². The van der Waals surface area contributed by atoms with Gasteiger partial charge >= 0.3 is 0 Å². The molecule has 3 fully saturated rings. The minimum absolute atomic E-state index is 0.269. The Morgan fingerprint density at radius 3 is 2.58 bits per heavy atom. The normalized spacial score (nSPS) is 28.4. The molecule has 0 aromatic carbocycles. The molecule has 0 aliphatic carbocycles. The number of amides is 2. The highest BCUT2D eigenvalue weighted by Crippen LogP contribution is 2.40. The van der Waals surface area contributed by atoms with Crippen LogP contribution < -0.4 is 0 Å². The standard InChI is InChI=1S/C19H33N3O2/c1-20-11-3-4-16(14-20)5-6-18(24)22-12-9-19(10-13-22)8-7-17(23)21(2)15-19/h16H,3-15H2,1-2H3/t16-/m0/s1. The second kappa shape index (κ2) is 7.42. The van der Waals surface area contributed by atoms with Crippen molar-refractivity contribution in [2.75, 3.05) is 46.8 Å². The van der Waals surface area contributed by atoms with E-state index in [1.54, 1.807) is 0 Å². The van der Waals surface area contributed by atoms with Gasteiger partial charge in [-0.1, -0.05) is 0 Å². The SMILES string of the molecule is CN1CCC[C@@H](CCC(=O)N2CCC3(CCC(=O)N(C)C3)CC2)C1. The van der Waals surface area contributed by atoms with Gasteiger partial charge in [0.25, 0.3) is 0 Å². The minimum Gasteiger partial charge on any atom is -0.345 e. The molecule has 3 aliphatic heterocycles. The fourth-order valence-corrected chi connectivity index (χ4v) is 4.87. The Morgan fingerprint density at radius 2 is 1.92 bits per heavy atom. The highest BCUT2D eigenvalue weighted by atomic mass is 16.2. The zero-order valence-electron chi connectivity index (χ0n) is 15.4. The molecule has 3 saturated heterocycles. The van der Waals surface area contributed by atoms with Crippen molar-refractivity contribution in [2.24, 2.45) is 11.3 Å². The third kappa shape index (κ3) is 4.11. The zero-order valence-corrected chi connectivity index (χ0v) is 15.4. The molecule has 0 unspecified atom stereocenters. The van der Waals surface area contributed by atoms with Gasteiger partial charge in [-0.15, -0.1) is 0 Å². The summed E-state index contributed by atoms with van der Waals surface area (Å²) in [5.41, 5.74) is 0.269. The molecule has 3 heterocycles. The van der Waals surface area contributed by atoms with Crippen molar-refractivity contribution in [1.29, 1.82) is 0 Å². The summed E-state index contributed by atoms with van der Waals surface area (Å²) in [6.45, 7) is 4.99. The molecule has 1 spiro atoms. The van der Waals surface area contributed by atoms with Crippen LogP contribution in [0.3, 0.4) is 0 Å². The molecule has 0 N–H and O–H groups in total. The van der Waals surface area contributed by atoms with Crippen LogP contribution >= 0.6 is 0 Å². The van der Waals surface area contributed by atoms with Crippen molar-refractivity contribution in [3.63, 3.8) is 0 Å². The Labute approximate surface area is 146 Å². The predicted octanol–water partition coefficient (Wildman–Crippen LogP) is 1.97. The monoisotopic (exact) mass is 335 g/mol. The number of rotatable bonds is 3. The molecule has 0 bridgehead atoms. The van der Waals surface area contributed by atoms with Gasteiger partial charge < -0.3 is 14.7 Å². The van der Waals surface area contributed by atoms with Crippen molar-refractivity contribution in [3.8, 4) is 0 Å². The fraction of sp³-hybridized carbons (Fsp3) is 0.895. The highest BCUT2D eigenvalue weighted by molar-refractivity contribution is 5.77. The van der Waals surface area contributed by atoms with E-state index in [0.29, 0.717) is 24.7 Å². The highest BCUT2D eigenvalue weighted by Gasteiger charge is 2.40. The number of nitrogens with zero attached hydrogens (tertiary/aromatic N) is 3. The second-order valence-corrected chi connectivity index (χ2v) is 8.44. The van der Waals surface area contributed by atoms with Crippen molar-refractivity contribution in [3.05, 3.63) is 0 Å². The van der Waals surface area contributed by atoms with Crippen LogP contribution in [0.5, 0.6) is 0 Å². The van der Waals surface area contributed by atoms with Crippen LogP contribution in [0.25, 0.3) is 0 Å². The predicted molar refractivity (Wildman–Crippen MR) is 94.6 cm³/mol. The molecule has 136 valence electrons. The van der Waals surface area contributed by atoms with E-state index in [0.717, 1.165) is 51.9 Å². The van der Waals surface area contributed by atoms with E-state index in [2.05, 4.69) is 16.8 Å². The summed E-state index contributed by atoms with van der Waals surface area (Å²) < 4.78 is 0. The van der Waals surface area contributed by atoms with Gasteiger partial charge in [0.15, 0.2) is 0 Å². The van der Waals surface area contributed by atoms with Crippen molar-refractivity contribution in [2.45, 2.75) is 51.4 Å². The maximum Gasteiger partial charge on any atom is 0.222 e. The van der Waals surface area contributed by atoms with Gasteiger partial charge in [0.05, 0.1) is 0 Å². The maximum atomic E-state index is 12.6. The lowest BCUT2D eigenvalue weighted by molar-refractivity contribution is -0.141. The van der Waals surface area contributed by atoms with E-state index in [1.807, 2.05) is 11.9 Å². The largest absolute Gasteiger partial charge is 0.345 e. The zero-order chi connectivity index (χ0) is 17.2. The lowest BCUT2D eigenvalue weighted by Gasteiger charge is -2.46. The Balaban J connectivity index is 1.43. The smallest absolute Gasteiger partial charge is 0.222 e. The Bertz CT molecular complexity index is 471. The number of hydrogen-bond donors (Lipinski definition) is 0. The van der Waals surface area contributed by atoms with Gasteiger partial charge in [0, 0.05) is 46.1 Å². The van der Waals surface area contributed by atoms with E-state index in [-0.39, 0.29) is 11.3 Å². The molecule has 0 aromatic rings. The number of piperidine rings is 3. The Kier molecular flexibility index (Phi) is 5.48. The number of likely N-dealkylation sites (tertiary alicyclic amines) is 3. The summed E-state index contributed by atoms with van der Waals surface area (Å²) >= 11 is 0. The molecule has 3 rings (SSSR count). The molecule has 0 aromatic heterocycles. The Hall–Kier alpha value is -1.10. The molecule has 1 atom stereocenters. The first-order valence-corrected chi connectivity index (χ1v) is 9.68. The minimum atomic E-state index is 0.269. The van der Waals surface area contributed by atoms with E-state index in [4.69, 9.17) is 0 Å². The average Bonchev–Trinajstić information content (AvgIpc) is 2.57. The van der Waals surface area contributed by atoms with Crippen molar-refractivity contribution >= 4 is 11.8 Å². The van der Waals surface area contributed by atoms with E-state index in [1.165, 1.54) is 19.4 Å². The number of carbonyl (C=O) groups excluding carboxylic acids is 2. The van der Waals surface area contributed by atoms with Crippen LogP contribution in [-0.4, -0.2) is 73.3 Å². The van der Waals surface area contributed by atoms with E-state index < -0.39 is 0 Å². The summed E-state index contributed by atoms with van der Waals surface area (Å²) in [7, 11) is 4.10. The van der Waals surface area contributed by atoms with Crippen LogP contribution in [0.4, 0.5) is 0 Å². The van der Waals surface area contributed by atoms with Crippen molar-refractivity contribution < 1.29 is 9.59 Å². The first kappa shape index (κ1) is 17.7. The average molecular weight is 335 g/mol. The quantitative estimate of drug-likeness (QED) is 0.792. The van der Waals surface area contributed by atoms with Gasteiger partial charge in [-0.3, -0.25) is 9.59 Å². The molecular weight excluding hydrogens is 302 g/mol. The lowest BCUT2D eigenvalue weighted by atomic mass is 9.72. The Morgan fingerprint density at radius 1 is 1.17 bits per heavy atom. The van der Waals surface area contributed by atoms with Gasteiger partial charge in [0.1, 0.15) is 0 Å². The fourth-order valence-electron chi connectivity index (χ4n) is 4.87. The second-order valence-electron chi connectivity index (χ2n) is 8.44. The number of carbonyl (C=O) groups is 2. The third-order valence-electron chi connectivity index (χ3n) is 6.53. The third-order valence-corrected chi connectivity index (χ3v) is 6.53. The van der Waals surface area contributed by atoms with E-state index >= 15 is 0 Å². The van der Waals surface area contributed by atoms with Crippen LogP contribution in [0.1, 0.15) is 51.4 Å². The number of hydrogen-bond acceptors (Lipinski definition) is 3. The summed E-state index contributed by atoms with van der Waals surface area (Å²) in [6, 6.07) is 0. The molecule has 0 radical (unpaired) electrons. The summed E-state index contributed by atoms with van der Waals surface area (Å²) in [5, 5.41) is 0. The molecule has 3 aliphatic rings. The van der Waals surface area contributed by atoms with Crippen LogP contribution in [0, 0.1) is 11.3 Å². The molecule has 2 amide bonds. The van der Waals surface area contributed by atoms with Gasteiger partial charge in [-0.25, -0.2) is 0 Å². The molecule has 5 nitrogen and oxygen atoms in total. The molecule has 0 saturated carbocycles. The summed E-state index contributed by atoms with van der Waals surface area (Å²) in [6.07, 6.45) is 8.11. The maximum absolute atomic E-state index is 12.6. The topological polar surface area (TPSA) is 43.9 Å². The first-order chi connectivity index (χ1) is 11.5. The molecular formula is C19H33N3O2. The first-order valence-electron chi connectivity index (χ1n) is 9.68. The van der Waals surface area contributed by atoms with Gasteiger partial charge in [-0.05, 0) is 63.5 Å². The van der Waals surface area contributed by atoms with Crippen LogP contribution in [0.15, 0.2) is 0 Å². The van der Waals surface area contributed by atoms with Crippen LogP contribution in [-0.2, 0) is 9.59 Å². The van der Waals surface area contributed by atoms with Gasteiger partial charge in [-0.2, -0.15) is 0 Å². The van der Waals surface area contributed by atoms with Crippen molar-refractivity contribution in [1.82, 2.24) is 14.7 Å². The molecule has 5 heteroatoms. The van der Waals surface area contributed by atoms with E-state index in [9.17, 15) is 9.59 Å². The lowest BCUT2D eigenvalue weighted by Crippen LogP contribution is -2.51. The summed E-state index contributed by atoms with van der Waals surface area (Å²) in [5.74, 6) is 1.32. The summed E-state index contributed by atoms with van der Waals surface area (Å²) in [4.78, 5) is 30.6. The molecule has 24 heavy (non-hydrogen) atoms.